The van der Waals surface area contributed by atoms with Gasteiger partial charge < -0.3 is 14.4 Å². The first-order valence-corrected chi connectivity index (χ1v) is 10.1. The van der Waals surface area contributed by atoms with Crippen LogP contribution in [0.2, 0.25) is 5.02 Å². The summed E-state index contributed by atoms with van der Waals surface area (Å²) in [4.78, 5) is 15.3. The number of halogens is 2. The molecule has 3 aliphatic heterocycles. The fourth-order valence-corrected chi connectivity index (χ4v) is 5.06. The Balaban J connectivity index is 1.36. The van der Waals surface area contributed by atoms with Crippen molar-refractivity contribution < 1.29 is 18.7 Å². The maximum absolute atomic E-state index is 13.5. The highest BCUT2D eigenvalue weighted by atomic mass is 35.5. The second kappa shape index (κ2) is 6.96. The molecule has 2 bridgehead atoms. The average molecular weight is 402 g/mol. The second-order valence-electron chi connectivity index (χ2n) is 7.80. The van der Waals surface area contributed by atoms with E-state index in [1.165, 1.54) is 6.07 Å². The van der Waals surface area contributed by atoms with Crippen LogP contribution in [0.4, 0.5) is 4.39 Å². The van der Waals surface area contributed by atoms with E-state index in [1.807, 2.05) is 23.1 Å². The molecule has 0 aliphatic carbocycles. The number of carbonyl (C=O) groups is 1. The van der Waals surface area contributed by atoms with Gasteiger partial charge in [0, 0.05) is 17.6 Å². The summed E-state index contributed by atoms with van der Waals surface area (Å²) in [6, 6.07) is 10.8. The molecular formula is C22H21ClFNO3. The Kier molecular flexibility index (Phi) is 4.43. The Morgan fingerprint density at radius 3 is 2.43 bits per heavy atom. The first-order valence-electron chi connectivity index (χ1n) is 9.77. The maximum atomic E-state index is 13.5. The molecule has 0 saturated carbocycles. The molecule has 0 aromatic heterocycles. The van der Waals surface area contributed by atoms with Crippen LogP contribution < -0.4 is 9.47 Å². The molecule has 2 unspecified atom stereocenters. The molecule has 3 aliphatic rings. The van der Waals surface area contributed by atoms with Crippen LogP contribution in [0.15, 0.2) is 36.4 Å². The van der Waals surface area contributed by atoms with Crippen molar-refractivity contribution in [2.45, 2.75) is 43.7 Å². The van der Waals surface area contributed by atoms with Crippen LogP contribution in [-0.2, 0) is 0 Å². The lowest BCUT2D eigenvalue weighted by Gasteiger charge is -2.39. The molecule has 2 atom stereocenters. The van der Waals surface area contributed by atoms with Crippen molar-refractivity contribution in [3.05, 3.63) is 58.4 Å². The van der Waals surface area contributed by atoms with Gasteiger partial charge in [-0.05, 0) is 67.5 Å². The van der Waals surface area contributed by atoms with E-state index in [4.69, 9.17) is 21.1 Å². The SMILES string of the molecule is O=C(c1ccc2c(c1)OCCO2)N1C2CCC1CC(c1ccc(F)c(Cl)c1)C2. The van der Waals surface area contributed by atoms with E-state index in [1.54, 1.807) is 12.1 Å². The first-order chi connectivity index (χ1) is 13.6. The minimum absolute atomic E-state index is 0.0556. The van der Waals surface area contributed by atoms with Gasteiger partial charge in [-0.15, -0.1) is 0 Å². The summed E-state index contributed by atoms with van der Waals surface area (Å²) >= 11 is 5.98. The van der Waals surface area contributed by atoms with Crippen LogP contribution in [0.3, 0.4) is 0 Å². The third-order valence-corrected chi connectivity index (χ3v) is 6.46. The number of ether oxygens (including phenoxy) is 2. The minimum Gasteiger partial charge on any atom is -0.486 e. The lowest BCUT2D eigenvalue weighted by atomic mass is 9.84. The maximum Gasteiger partial charge on any atom is 0.254 e. The van der Waals surface area contributed by atoms with Gasteiger partial charge in [0.2, 0.25) is 0 Å². The van der Waals surface area contributed by atoms with Gasteiger partial charge in [-0.1, -0.05) is 17.7 Å². The molecule has 146 valence electrons. The molecule has 4 nitrogen and oxygen atoms in total. The summed E-state index contributed by atoms with van der Waals surface area (Å²) in [5, 5.41) is 0.166. The predicted molar refractivity (Wildman–Crippen MR) is 104 cm³/mol. The van der Waals surface area contributed by atoms with Crippen molar-refractivity contribution in [2.75, 3.05) is 13.2 Å². The van der Waals surface area contributed by atoms with Crippen molar-refractivity contribution in [2.24, 2.45) is 0 Å². The number of benzene rings is 2. The summed E-state index contributed by atoms with van der Waals surface area (Å²) < 4.78 is 24.7. The molecule has 0 radical (unpaired) electrons. The molecule has 1 amide bonds. The average Bonchev–Trinajstić information content (AvgIpc) is 2.98. The Hall–Kier alpha value is -2.27. The Labute approximate surface area is 168 Å². The van der Waals surface area contributed by atoms with Crippen LogP contribution in [0.25, 0.3) is 0 Å². The molecule has 2 aromatic carbocycles. The Morgan fingerprint density at radius 2 is 1.71 bits per heavy atom. The van der Waals surface area contributed by atoms with Crippen LogP contribution in [-0.4, -0.2) is 36.1 Å². The van der Waals surface area contributed by atoms with E-state index < -0.39 is 0 Å². The van der Waals surface area contributed by atoms with Gasteiger partial charge in [0.05, 0.1) is 5.02 Å². The molecule has 5 rings (SSSR count). The van der Waals surface area contributed by atoms with E-state index in [0.717, 1.165) is 31.2 Å². The zero-order chi connectivity index (χ0) is 19.3. The first kappa shape index (κ1) is 17.8. The molecule has 3 heterocycles. The van der Waals surface area contributed by atoms with Crippen LogP contribution in [0.1, 0.15) is 47.5 Å². The van der Waals surface area contributed by atoms with E-state index in [2.05, 4.69) is 0 Å². The Morgan fingerprint density at radius 1 is 1.00 bits per heavy atom. The number of hydrogen-bond acceptors (Lipinski definition) is 3. The molecule has 28 heavy (non-hydrogen) atoms. The molecular weight excluding hydrogens is 381 g/mol. The molecule has 6 heteroatoms. The summed E-state index contributed by atoms with van der Waals surface area (Å²) in [5.41, 5.74) is 1.71. The number of piperidine rings is 1. The van der Waals surface area contributed by atoms with Gasteiger partial charge >= 0.3 is 0 Å². The molecule has 2 aromatic rings. The predicted octanol–water partition coefficient (Wildman–Crippen LogP) is 4.80. The van der Waals surface area contributed by atoms with Crippen molar-refractivity contribution in [1.29, 1.82) is 0 Å². The van der Waals surface area contributed by atoms with Gasteiger partial charge in [-0.2, -0.15) is 0 Å². The van der Waals surface area contributed by atoms with Crippen LogP contribution in [0, 0.1) is 5.82 Å². The third kappa shape index (κ3) is 3.02. The van der Waals surface area contributed by atoms with Crippen LogP contribution >= 0.6 is 11.6 Å². The monoisotopic (exact) mass is 401 g/mol. The van der Waals surface area contributed by atoms with E-state index in [-0.39, 0.29) is 28.8 Å². The van der Waals surface area contributed by atoms with Gasteiger partial charge in [-0.3, -0.25) is 4.79 Å². The Bertz CT molecular complexity index is 920. The highest BCUT2D eigenvalue weighted by molar-refractivity contribution is 6.30. The quantitative estimate of drug-likeness (QED) is 0.725. The number of hydrogen-bond donors (Lipinski definition) is 0. The highest BCUT2D eigenvalue weighted by Crippen LogP contribution is 2.44. The zero-order valence-electron chi connectivity index (χ0n) is 15.4. The lowest BCUT2D eigenvalue weighted by molar-refractivity contribution is 0.0570. The van der Waals surface area contributed by atoms with Gasteiger partial charge in [0.1, 0.15) is 19.0 Å². The molecule has 2 saturated heterocycles. The topological polar surface area (TPSA) is 38.8 Å². The van der Waals surface area contributed by atoms with Gasteiger partial charge in [0.15, 0.2) is 11.5 Å². The van der Waals surface area contributed by atoms with Gasteiger partial charge in [-0.25, -0.2) is 4.39 Å². The zero-order valence-corrected chi connectivity index (χ0v) is 16.1. The van der Waals surface area contributed by atoms with Crippen LogP contribution in [0.5, 0.6) is 11.5 Å². The second-order valence-corrected chi connectivity index (χ2v) is 8.20. The minimum atomic E-state index is -0.389. The smallest absolute Gasteiger partial charge is 0.254 e. The molecule has 0 N–H and O–H groups in total. The van der Waals surface area contributed by atoms with E-state index in [9.17, 15) is 9.18 Å². The number of nitrogens with zero attached hydrogens (tertiary/aromatic N) is 1. The molecule has 0 spiro atoms. The summed E-state index contributed by atoms with van der Waals surface area (Å²) in [7, 11) is 0. The highest BCUT2D eigenvalue weighted by Gasteiger charge is 2.44. The molecule has 2 fully saturated rings. The fourth-order valence-electron chi connectivity index (χ4n) is 4.87. The lowest BCUT2D eigenvalue weighted by Crippen LogP contribution is -2.46. The number of carbonyl (C=O) groups excluding carboxylic acids is 1. The standard InChI is InChI=1S/C22H21ClFNO3/c23-18-11-13(1-5-19(18)24)15-9-16-3-4-17(10-15)25(16)22(26)14-2-6-20-21(12-14)28-8-7-27-20/h1-2,5-6,11-12,15-17H,3-4,7-10H2. The fraction of sp³-hybridized carbons (Fsp3) is 0.409. The van der Waals surface area contributed by atoms with Crippen molar-refractivity contribution in [3.63, 3.8) is 0 Å². The van der Waals surface area contributed by atoms with E-state index >= 15 is 0 Å². The van der Waals surface area contributed by atoms with Crippen molar-refractivity contribution in [1.82, 2.24) is 4.90 Å². The number of amides is 1. The number of fused-ring (bicyclic) bond motifs is 3. The summed E-state index contributed by atoms with van der Waals surface area (Å²) in [6.45, 7) is 1.03. The normalized spacial score (nSPS) is 25.6. The van der Waals surface area contributed by atoms with Crippen molar-refractivity contribution >= 4 is 17.5 Å². The summed E-state index contributed by atoms with van der Waals surface area (Å²) in [5.74, 6) is 1.30. The third-order valence-electron chi connectivity index (χ3n) is 6.17. The van der Waals surface area contributed by atoms with E-state index in [0.29, 0.717) is 36.2 Å². The number of rotatable bonds is 2. The van der Waals surface area contributed by atoms with Gasteiger partial charge in [0.25, 0.3) is 5.91 Å². The summed E-state index contributed by atoms with van der Waals surface area (Å²) in [6.07, 6.45) is 3.78. The van der Waals surface area contributed by atoms with Crippen molar-refractivity contribution in [3.8, 4) is 11.5 Å². The largest absolute Gasteiger partial charge is 0.486 e.